The molecule has 5 unspecified atom stereocenters. The van der Waals surface area contributed by atoms with Gasteiger partial charge in [-0.2, -0.15) is 12.6 Å². The lowest BCUT2D eigenvalue weighted by Crippen LogP contribution is -2.27. The van der Waals surface area contributed by atoms with Gasteiger partial charge in [-0.3, -0.25) is 4.79 Å². The molecule has 4 heteroatoms. The van der Waals surface area contributed by atoms with Crippen molar-refractivity contribution in [2.75, 3.05) is 12.4 Å². The van der Waals surface area contributed by atoms with Gasteiger partial charge >= 0.3 is 5.97 Å². The number of carbonyl (C=O) groups excluding carboxylic acids is 1. The molecule has 0 spiro atoms. The van der Waals surface area contributed by atoms with Gasteiger partial charge in [-0.15, -0.1) is 13.2 Å². The Morgan fingerprint density at radius 1 is 1.35 bits per heavy atom. The molecule has 3 rings (SSSR count). The van der Waals surface area contributed by atoms with E-state index in [0.29, 0.717) is 30.7 Å². The highest BCUT2D eigenvalue weighted by Crippen LogP contribution is 2.58. The molecule has 2 aliphatic carbocycles. The number of hydrogen-bond acceptors (Lipinski definition) is 4. The Hall–Kier alpha value is -0.480. The molecule has 3 nitrogen and oxygen atoms in total. The molecule has 0 amide bonds. The molecule has 2 saturated carbocycles. The Morgan fingerprint density at radius 2 is 2.12 bits per heavy atom. The summed E-state index contributed by atoms with van der Waals surface area (Å²) in [5.74, 6) is 2.00. The zero-order valence-electron chi connectivity index (χ0n) is 10.0. The van der Waals surface area contributed by atoms with Crippen molar-refractivity contribution in [2.45, 2.75) is 31.5 Å². The minimum atomic E-state index is -0.00164. The van der Waals surface area contributed by atoms with Gasteiger partial charge in [0.2, 0.25) is 0 Å². The van der Waals surface area contributed by atoms with Crippen LogP contribution in [-0.4, -0.2) is 30.5 Å². The summed E-state index contributed by atoms with van der Waals surface area (Å²) in [7, 11) is 0. The Bertz CT molecular complexity index is 294. The number of esters is 1. The average molecular weight is 256 g/mol. The van der Waals surface area contributed by atoms with E-state index in [1.165, 1.54) is 6.42 Å². The van der Waals surface area contributed by atoms with E-state index in [1.807, 2.05) is 0 Å². The highest BCUT2D eigenvalue weighted by Gasteiger charge is 2.64. The third-order valence-corrected chi connectivity index (χ3v) is 4.26. The predicted octanol–water partition coefficient (Wildman–Crippen LogP) is 2.08. The van der Waals surface area contributed by atoms with Gasteiger partial charge in [0.1, 0.15) is 0 Å². The highest BCUT2D eigenvalue weighted by molar-refractivity contribution is 7.80. The van der Waals surface area contributed by atoms with E-state index in [1.54, 1.807) is 0 Å². The quantitative estimate of drug-likeness (QED) is 0.275. The number of hydrogen-bond donors (Lipinski definition) is 1. The van der Waals surface area contributed by atoms with Crippen molar-refractivity contribution in [1.29, 1.82) is 0 Å². The minimum absolute atomic E-state index is 0.00164. The first-order valence-corrected chi connectivity index (χ1v) is 6.87. The van der Waals surface area contributed by atoms with Crippen molar-refractivity contribution in [3.8, 4) is 0 Å². The van der Waals surface area contributed by atoms with E-state index in [9.17, 15) is 4.79 Å². The lowest BCUT2D eigenvalue weighted by molar-refractivity contribution is -0.150. The van der Waals surface area contributed by atoms with Gasteiger partial charge in [0.15, 0.2) is 0 Å². The maximum absolute atomic E-state index is 11.8. The second kappa shape index (κ2) is 5.44. The summed E-state index contributed by atoms with van der Waals surface area (Å²) in [6.45, 7) is 6.52. The van der Waals surface area contributed by atoms with E-state index in [4.69, 9.17) is 9.47 Å². The van der Waals surface area contributed by atoms with Crippen molar-refractivity contribution in [2.24, 2.45) is 17.8 Å². The van der Waals surface area contributed by atoms with Crippen LogP contribution in [0.2, 0.25) is 0 Å². The molecule has 2 bridgehead atoms. The fourth-order valence-electron chi connectivity index (χ4n) is 3.22. The van der Waals surface area contributed by atoms with Crippen molar-refractivity contribution < 1.29 is 14.3 Å². The number of epoxide rings is 1. The molecule has 0 N–H and O–H groups in total. The SMILES string of the molecule is C=C.O=C(OCCCS)C1CC2CC1C1OC21. The van der Waals surface area contributed by atoms with Crippen molar-refractivity contribution in [3.63, 3.8) is 0 Å². The summed E-state index contributed by atoms with van der Waals surface area (Å²) in [5.41, 5.74) is 0. The normalized spacial score (nSPS) is 40.2. The largest absolute Gasteiger partial charge is 0.465 e. The molecule has 1 saturated heterocycles. The molecular weight excluding hydrogens is 236 g/mol. The maximum atomic E-state index is 11.8. The summed E-state index contributed by atoms with van der Waals surface area (Å²) in [6.07, 6.45) is 3.91. The lowest BCUT2D eigenvalue weighted by atomic mass is 9.89. The van der Waals surface area contributed by atoms with Crippen LogP contribution in [0.1, 0.15) is 19.3 Å². The van der Waals surface area contributed by atoms with Crippen molar-refractivity contribution >= 4 is 18.6 Å². The highest BCUT2D eigenvalue weighted by atomic mass is 32.1. The van der Waals surface area contributed by atoms with Crippen LogP contribution >= 0.6 is 12.6 Å². The van der Waals surface area contributed by atoms with E-state index in [2.05, 4.69) is 25.8 Å². The van der Waals surface area contributed by atoms with Crippen LogP contribution in [0.3, 0.4) is 0 Å². The molecule has 0 aromatic rings. The first kappa shape index (κ1) is 13.0. The van der Waals surface area contributed by atoms with Crippen LogP contribution in [-0.2, 0) is 14.3 Å². The predicted molar refractivity (Wildman–Crippen MR) is 69.0 cm³/mol. The summed E-state index contributed by atoms with van der Waals surface area (Å²) < 4.78 is 10.8. The van der Waals surface area contributed by atoms with Crippen LogP contribution in [0.15, 0.2) is 13.2 Å². The summed E-state index contributed by atoms with van der Waals surface area (Å²) in [6, 6.07) is 0. The smallest absolute Gasteiger partial charge is 0.309 e. The van der Waals surface area contributed by atoms with Crippen LogP contribution in [0.4, 0.5) is 0 Å². The molecule has 3 aliphatic rings. The van der Waals surface area contributed by atoms with Gasteiger partial charge in [0.25, 0.3) is 0 Å². The van der Waals surface area contributed by atoms with Gasteiger partial charge in [-0.25, -0.2) is 0 Å². The van der Waals surface area contributed by atoms with Crippen LogP contribution in [0, 0.1) is 17.8 Å². The standard InChI is InChI=1S/C11H16O3S.C2H4/c12-11(13-2-1-3-15)8-5-6-4-7(8)10-9(6)14-10;1-2/h6-10,15H,1-5H2;1-2H2. The van der Waals surface area contributed by atoms with Gasteiger partial charge in [-0.05, 0) is 30.9 Å². The lowest BCUT2D eigenvalue weighted by Gasteiger charge is -2.17. The number of thiol groups is 1. The number of fused-ring (bicyclic) bond motifs is 5. The zero-order chi connectivity index (χ0) is 12.4. The van der Waals surface area contributed by atoms with E-state index in [-0.39, 0.29) is 11.9 Å². The number of rotatable bonds is 4. The molecule has 0 aromatic heterocycles. The molecule has 96 valence electrons. The summed E-state index contributed by atoms with van der Waals surface area (Å²) in [5, 5.41) is 0. The van der Waals surface area contributed by atoms with Gasteiger partial charge in [0.05, 0.1) is 24.7 Å². The number of ether oxygens (including phenoxy) is 2. The second-order valence-electron chi connectivity index (χ2n) is 4.81. The Balaban J connectivity index is 0.000000514. The fourth-order valence-corrected chi connectivity index (χ4v) is 3.35. The third-order valence-electron chi connectivity index (χ3n) is 3.95. The van der Waals surface area contributed by atoms with Crippen LogP contribution in [0.5, 0.6) is 0 Å². The molecule has 1 aliphatic heterocycles. The molecule has 3 fully saturated rings. The van der Waals surface area contributed by atoms with Gasteiger partial charge in [-0.1, -0.05) is 0 Å². The monoisotopic (exact) mass is 256 g/mol. The Kier molecular flexibility index (Phi) is 4.15. The van der Waals surface area contributed by atoms with Crippen LogP contribution < -0.4 is 0 Å². The molecular formula is C13H20O3S. The Labute approximate surface area is 108 Å². The average Bonchev–Trinajstić information content (AvgIpc) is 2.97. The minimum Gasteiger partial charge on any atom is -0.465 e. The van der Waals surface area contributed by atoms with Gasteiger partial charge < -0.3 is 9.47 Å². The third kappa shape index (κ3) is 2.38. The summed E-state index contributed by atoms with van der Waals surface area (Å²) in [4.78, 5) is 11.8. The summed E-state index contributed by atoms with van der Waals surface area (Å²) >= 11 is 4.09. The Morgan fingerprint density at radius 3 is 2.71 bits per heavy atom. The first-order chi connectivity index (χ1) is 8.31. The second-order valence-corrected chi connectivity index (χ2v) is 5.26. The van der Waals surface area contributed by atoms with E-state index >= 15 is 0 Å². The first-order valence-electron chi connectivity index (χ1n) is 6.24. The van der Waals surface area contributed by atoms with E-state index < -0.39 is 0 Å². The molecule has 17 heavy (non-hydrogen) atoms. The molecule has 1 heterocycles. The molecule has 5 atom stereocenters. The zero-order valence-corrected chi connectivity index (χ0v) is 10.9. The maximum Gasteiger partial charge on any atom is 0.309 e. The molecule has 0 radical (unpaired) electrons. The van der Waals surface area contributed by atoms with Crippen molar-refractivity contribution in [1.82, 2.24) is 0 Å². The van der Waals surface area contributed by atoms with Gasteiger partial charge in [0, 0.05) is 5.92 Å². The topological polar surface area (TPSA) is 38.8 Å². The van der Waals surface area contributed by atoms with Crippen LogP contribution in [0.25, 0.3) is 0 Å². The van der Waals surface area contributed by atoms with Crippen molar-refractivity contribution in [3.05, 3.63) is 13.2 Å². The molecule has 0 aromatic carbocycles. The van der Waals surface area contributed by atoms with E-state index in [0.717, 1.165) is 18.6 Å². The number of carbonyl (C=O) groups is 1. The fraction of sp³-hybridized carbons (Fsp3) is 0.769.